The van der Waals surface area contributed by atoms with Crippen LogP contribution in [-0.4, -0.2) is 24.5 Å². The number of likely N-dealkylation sites (tertiary alicyclic amines) is 1. The summed E-state index contributed by atoms with van der Waals surface area (Å²) in [5.74, 6) is 2.76. The first-order chi connectivity index (χ1) is 6.15. The smallest absolute Gasteiger partial charge is 0.00161 e. The Morgan fingerprint density at radius 3 is 2.08 bits per heavy atom. The Balaban J connectivity index is 2.32. The molecule has 1 heteroatoms. The fraction of sp³-hybridized carbons (Fsp3) is 1.00. The van der Waals surface area contributed by atoms with Gasteiger partial charge in [-0.2, -0.15) is 0 Å². The molecule has 0 aromatic carbocycles. The summed E-state index contributed by atoms with van der Waals surface area (Å²) in [7, 11) is 0. The summed E-state index contributed by atoms with van der Waals surface area (Å²) in [6.07, 6.45) is 2.85. The molecule has 1 atom stereocenters. The molecule has 0 aromatic rings. The van der Waals surface area contributed by atoms with Crippen molar-refractivity contribution in [2.75, 3.05) is 19.6 Å². The molecule has 78 valence electrons. The third-order valence-corrected chi connectivity index (χ3v) is 3.87. The lowest BCUT2D eigenvalue weighted by Gasteiger charge is -2.35. The molecule has 1 aliphatic heterocycles. The third kappa shape index (κ3) is 2.98. The summed E-state index contributed by atoms with van der Waals surface area (Å²) in [4.78, 5) is 2.57. The van der Waals surface area contributed by atoms with Crippen molar-refractivity contribution in [3.63, 3.8) is 0 Å². The van der Waals surface area contributed by atoms with Crippen LogP contribution in [0, 0.1) is 17.8 Å². The van der Waals surface area contributed by atoms with Crippen molar-refractivity contribution in [1.29, 1.82) is 0 Å². The highest BCUT2D eigenvalue weighted by Crippen LogP contribution is 2.29. The summed E-state index contributed by atoms with van der Waals surface area (Å²) in [6, 6.07) is 0. The minimum atomic E-state index is 0.859. The quantitative estimate of drug-likeness (QED) is 0.650. The second-order valence-corrected chi connectivity index (χ2v) is 4.87. The summed E-state index contributed by atoms with van der Waals surface area (Å²) in [6.45, 7) is 13.3. The van der Waals surface area contributed by atoms with Gasteiger partial charge >= 0.3 is 0 Å². The van der Waals surface area contributed by atoms with E-state index in [-0.39, 0.29) is 0 Å². The van der Waals surface area contributed by atoms with Gasteiger partial charge in [-0.1, -0.05) is 27.7 Å². The van der Waals surface area contributed by atoms with Gasteiger partial charge in [-0.05, 0) is 50.2 Å². The molecule has 0 N–H and O–H groups in total. The van der Waals surface area contributed by atoms with Crippen LogP contribution in [0.1, 0.15) is 40.5 Å². The third-order valence-electron chi connectivity index (χ3n) is 3.87. The number of piperidine rings is 1. The van der Waals surface area contributed by atoms with Gasteiger partial charge in [0, 0.05) is 0 Å². The van der Waals surface area contributed by atoms with Crippen LogP contribution in [0.5, 0.6) is 0 Å². The Labute approximate surface area is 83.5 Å². The number of hydrogen-bond donors (Lipinski definition) is 0. The molecule has 0 spiro atoms. The molecule has 1 nitrogen and oxygen atoms in total. The van der Waals surface area contributed by atoms with Gasteiger partial charge < -0.3 is 4.90 Å². The minimum absolute atomic E-state index is 0.859. The Hall–Kier alpha value is -0.0400. The molecule has 0 aromatic heterocycles. The lowest BCUT2D eigenvalue weighted by molar-refractivity contribution is 0.138. The maximum atomic E-state index is 2.57. The lowest BCUT2D eigenvalue weighted by atomic mass is 9.79. The van der Waals surface area contributed by atoms with Crippen molar-refractivity contribution < 1.29 is 0 Å². The van der Waals surface area contributed by atoms with E-state index >= 15 is 0 Å². The van der Waals surface area contributed by atoms with Crippen molar-refractivity contribution in [1.82, 2.24) is 4.90 Å². The van der Waals surface area contributed by atoms with E-state index in [1.807, 2.05) is 0 Å². The minimum Gasteiger partial charge on any atom is -0.304 e. The average molecular weight is 183 g/mol. The molecule has 0 saturated carbocycles. The van der Waals surface area contributed by atoms with Gasteiger partial charge in [0.2, 0.25) is 0 Å². The zero-order valence-electron chi connectivity index (χ0n) is 9.71. The van der Waals surface area contributed by atoms with Crippen molar-refractivity contribution in [2.24, 2.45) is 17.8 Å². The topological polar surface area (TPSA) is 3.24 Å². The molecule has 1 fully saturated rings. The van der Waals surface area contributed by atoms with Crippen molar-refractivity contribution in [3.05, 3.63) is 0 Å². The van der Waals surface area contributed by atoms with E-state index in [0.717, 1.165) is 17.8 Å². The Morgan fingerprint density at radius 1 is 1.15 bits per heavy atom. The van der Waals surface area contributed by atoms with Crippen LogP contribution < -0.4 is 0 Å². The van der Waals surface area contributed by atoms with Crippen LogP contribution >= 0.6 is 0 Å². The lowest BCUT2D eigenvalue weighted by Crippen LogP contribution is -2.36. The van der Waals surface area contributed by atoms with Crippen molar-refractivity contribution in [2.45, 2.75) is 40.5 Å². The molecular formula is C12H25N. The highest BCUT2D eigenvalue weighted by molar-refractivity contribution is 4.76. The second kappa shape index (κ2) is 4.99. The van der Waals surface area contributed by atoms with E-state index in [9.17, 15) is 0 Å². The van der Waals surface area contributed by atoms with Crippen molar-refractivity contribution >= 4 is 0 Å². The van der Waals surface area contributed by atoms with Gasteiger partial charge in [0.05, 0.1) is 0 Å². The predicted octanol–water partition coefficient (Wildman–Crippen LogP) is 3.01. The summed E-state index contributed by atoms with van der Waals surface area (Å²) in [5, 5.41) is 0. The molecule has 0 bridgehead atoms. The Bertz CT molecular complexity index is 134. The zero-order chi connectivity index (χ0) is 9.84. The maximum Gasteiger partial charge on any atom is -0.00161 e. The van der Waals surface area contributed by atoms with E-state index in [2.05, 4.69) is 32.6 Å². The molecule has 1 saturated heterocycles. The second-order valence-electron chi connectivity index (χ2n) is 4.87. The first-order valence-corrected chi connectivity index (χ1v) is 5.87. The molecule has 1 unspecified atom stereocenters. The number of rotatable bonds is 3. The monoisotopic (exact) mass is 183 g/mol. The fourth-order valence-electron chi connectivity index (χ4n) is 2.34. The maximum absolute atomic E-state index is 2.57. The Morgan fingerprint density at radius 2 is 1.69 bits per heavy atom. The summed E-state index contributed by atoms with van der Waals surface area (Å²) < 4.78 is 0. The van der Waals surface area contributed by atoms with Gasteiger partial charge in [-0.15, -0.1) is 0 Å². The van der Waals surface area contributed by atoms with Crippen LogP contribution in [0.3, 0.4) is 0 Å². The number of nitrogens with zero attached hydrogens (tertiary/aromatic N) is 1. The molecule has 0 amide bonds. The average Bonchev–Trinajstić information content (AvgIpc) is 2.17. The van der Waals surface area contributed by atoms with Gasteiger partial charge in [-0.3, -0.25) is 0 Å². The zero-order valence-corrected chi connectivity index (χ0v) is 9.71. The summed E-state index contributed by atoms with van der Waals surface area (Å²) in [5.41, 5.74) is 0. The highest BCUT2D eigenvalue weighted by atomic mass is 15.1. The van der Waals surface area contributed by atoms with E-state index in [1.165, 1.54) is 32.5 Å². The van der Waals surface area contributed by atoms with E-state index in [4.69, 9.17) is 0 Å². The molecule has 13 heavy (non-hydrogen) atoms. The van der Waals surface area contributed by atoms with Crippen LogP contribution in [0.2, 0.25) is 0 Å². The summed E-state index contributed by atoms with van der Waals surface area (Å²) >= 11 is 0. The van der Waals surface area contributed by atoms with Crippen molar-refractivity contribution in [3.8, 4) is 0 Å². The van der Waals surface area contributed by atoms with Gasteiger partial charge in [0.25, 0.3) is 0 Å². The predicted molar refractivity (Wildman–Crippen MR) is 58.8 cm³/mol. The standard InChI is InChI=1S/C12H25N/c1-5-13-8-6-12(7-9-13)11(4)10(2)3/h10-12H,5-9H2,1-4H3. The van der Waals surface area contributed by atoms with Gasteiger partial charge in [0.15, 0.2) is 0 Å². The van der Waals surface area contributed by atoms with E-state index in [0.29, 0.717) is 0 Å². The Kier molecular flexibility index (Phi) is 4.24. The van der Waals surface area contributed by atoms with Crippen LogP contribution in [0.25, 0.3) is 0 Å². The highest BCUT2D eigenvalue weighted by Gasteiger charge is 2.24. The van der Waals surface area contributed by atoms with E-state index in [1.54, 1.807) is 0 Å². The fourth-order valence-corrected chi connectivity index (χ4v) is 2.34. The van der Waals surface area contributed by atoms with E-state index < -0.39 is 0 Å². The van der Waals surface area contributed by atoms with Crippen LogP contribution in [0.4, 0.5) is 0 Å². The first-order valence-electron chi connectivity index (χ1n) is 5.87. The van der Waals surface area contributed by atoms with Crippen LogP contribution in [0.15, 0.2) is 0 Å². The molecule has 1 aliphatic rings. The molecule has 0 aliphatic carbocycles. The SMILES string of the molecule is CCN1CCC(C(C)C(C)C)CC1. The number of hydrogen-bond acceptors (Lipinski definition) is 1. The molecule has 0 radical (unpaired) electrons. The molecular weight excluding hydrogens is 158 g/mol. The normalized spacial score (nSPS) is 23.8. The van der Waals surface area contributed by atoms with Gasteiger partial charge in [0.1, 0.15) is 0 Å². The largest absolute Gasteiger partial charge is 0.304 e. The van der Waals surface area contributed by atoms with Gasteiger partial charge in [-0.25, -0.2) is 0 Å². The van der Waals surface area contributed by atoms with Crippen LogP contribution in [-0.2, 0) is 0 Å². The first kappa shape index (κ1) is 11.0. The molecule has 1 rings (SSSR count). The molecule has 1 heterocycles.